The number of nitrogens with one attached hydrogen (secondary N) is 1. The number of nitrogens with zero attached hydrogens (tertiary/aromatic N) is 4. The summed E-state index contributed by atoms with van der Waals surface area (Å²) in [6, 6.07) is 6.45. The minimum atomic E-state index is -0.651. The summed E-state index contributed by atoms with van der Waals surface area (Å²) < 4.78 is 14.2. The fourth-order valence-corrected chi connectivity index (χ4v) is 5.16. The van der Waals surface area contributed by atoms with E-state index in [1.165, 1.54) is 17.0 Å². The fourth-order valence-electron chi connectivity index (χ4n) is 4.06. The Morgan fingerprint density at radius 2 is 2.09 bits per heavy atom. The van der Waals surface area contributed by atoms with Crippen molar-refractivity contribution in [3.63, 3.8) is 0 Å². The molecule has 33 heavy (non-hydrogen) atoms. The summed E-state index contributed by atoms with van der Waals surface area (Å²) in [5.41, 5.74) is 0.930. The number of rotatable bonds is 7. The van der Waals surface area contributed by atoms with Gasteiger partial charge in [-0.25, -0.2) is 19.3 Å². The van der Waals surface area contributed by atoms with E-state index >= 15 is 0 Å². The molecule has 0 atom stereocenters. The van der Waals surface area contributed by atoms with E-state index < -0.39 is 5.82 Å². The first-order chi connectivity index (χ1) is 15.9. The maximum Gasteiger partial charge on any atom is 0.256 e. The second-order valence-electron chi connectivity index (χ2n) is 8.36. The van der Waals surface area contributed by atoms with Crippen molar-refractivity contribution >= 4 is 39.8 Å². The van der Waals surface area contributed by atoms with E-state index in [0.717, 1.165) is 54.6 Å². The van der Waals surface area contributed by atoms with Crippen LogP contribution in [-0.2, 0) is 12.8 Å². The summed E-state index contributed by atoms with van der Waals surface area (Å²) in [6.45, 7) is 5.27. The van der Waals surface area contributed by atoms with Crippen LogP contribution >= 0.6 is 22.9 Å². The zero-order valence-electron chi connectivity index (χ0n) is 18.8. The van der Waals surface area contributed by atoms with Gasteiger partial charge in [-0.2, -0.15) is 0 Å². The molecule has 1 N–H and O–H groups in total. The molecule has 1 aliphatic heterocycles. The van der Waals surface area contributed by atoms with Gasteiger partial charge >= 0.3 is 0 Å². The van der Waals surface area contributed by atoms with Crippen molar-refractivity contribution in [1.82, 2.24) is 19.9 Å². The highest BCUT2D eigenvalue weighted by atomic mass is 35.5. The van der Waals surface area contributed by atoms with Crippen LogP contribution in [0.25, 0.3) is 0 Å². The third-order valence-electron chi connectivity index (χ3n) is 5.74. The van der Waals surface area contributed by atoms with Gasteiger partial charge in [0.15, 0.2) is 10.9 Å². The molecule has 0 bridgehead atoms. The average Bonchev–Trinajstić information content (AvgIpc) is 3.22. The standard InChI is InChI=1S/C24H27ClFN5OS/c1-3-5-17-14-27-24(33-17)30-20-12-15(2)28-21(29-20)13-16-8-10-31(11-9-16)23(32)18-6-4-7-19(25)22(18)26/h4,6-7,12,14,16H,3,5,8-11,13H2,1-2H3,(H,27,28,29,30). The van der Waals surface area contributed by atoms with E-state index in [2.05, 4.69) is 22.2 Å². The van der Waals surface area contributed by atoms with Crippen LogP contribution < -0.4 is 5.32 Å². The molecule has 1 saturated heterocycles. The average molecular weight is 488 g/mol. The number of benzene rings is 1. The Labute approximate surface area is 202 Å². The number of carbonyl (C=O) groups is 1. The minimum absolute atomic E-state index is 0.0305. The van der Waals surface area contributed by atoms with E-state index in [9.17, 15) is 9.18 Å². The highest BCUT2D eigenvalue weighted by Crippen LogP contribution is 2.26. The lowest BCUT2D eigenvalue weighted by Gasteiger charge is -2.32. The molecule has 2 aromatic heterocycles. The van der Waals surface area contributed by atoms with Crippen LogP contribution in [0.4, 0.5) is 15.3 Å². The molecule has 0 spiro atoms. The lowest BCUT2D eigenvalue weighted by molar-refractivity contribution is 0.0685. The Morgan fingerprint density at radius 1 is 1.30 bits per heavy atom. The molecule has 6 nitrogen and oxygen atoms in total. The largest absolute Gasteiger partial charge is 0.339 e. The maximum absolute atomic E-state index is 14.2. The van der Waals surface area contributed by atoms with E-state index in [1.807, 2.05) is 19.2 Å². The van der Waals surface area contributed by atoms with E-state index in [0.29, 0.717) is 19.0 Å². The molecule has 1 fully saturated rings. The molecule has 3 heterocycles. The van der Waals surface area contributed by atoms with Crippen LogP contribution in [0.1, 0.15) is 52.9 Å². The third-order valence-corrected chi connectivity index (χ3v) is 7.00. The molecule has 174 valence electrons. The van der Waals surface area contributed by atoms with Gasteiger partial charge in [0.2, 0.25) is 0 Å². The lowest BCUT2D eigenvalue weighted by atomic mass is 9.92. The van der Waals surface area contributed by atoms with Crippen LogP contribution in [-0.4, -0.2) is 38.8 Å². The van der Waals surface area contributed by atoms with Gasteiger partial charge in [-0.15, -0.1) is 11.3 Å². The number of hydrogen-bond donors (Lipinski definition) is 1. The smallest absolute Gasteiger partial charge is 0.256 e. The van der Waals surface area contributed by atoms with Crippen LogP contribution in [0.15, 0.2) is 30.5 Å². The number of likely N-dealkylation sites (tertiary alicyclic amines) is 1. The Kier molecular flexibility index (Phi) is 7.55. The van der Waals surface area contributed by atoms with Gasteiger partial charge in [0, 0.05) is 42.3 Å². The Hall–Kier alpha value is -2.58. The second-order valence-corrected chi connectivity index (χ2v) is 9.88. The maximum atomic E-state index is 14.2. The Morgan fingerprint density at radius 3 is 2.85 bits per heavy atom. The van der Waals surface area contributed by atoms with Crippen molar-refractivity contribution in [2.24, 2.45) is 5.92 Å². The molecule has 0 saturated carbocycles. The molecule has 1 aromatic carbocycles. The van der Waals surface area contributed by atoms with Crippen LogP contribution in [0, 0.1) is 18.7 Å². The number of aromatic nitrogens is 3. The van der Waals surface area contributed by atoms with Crippen molar-refractivity contribution in [3.05, 3.63) is 63.3 Å². The number of thiazole rings is 1. The van der Waals surface area contributed by atoms with E-state index in [1.54, 1.807) is 22.3 Å². The van der Waals surface area contributed by atoms with Crippen molar-refractivity contribution in [1.29, 1.82) is 0 Å². The van der Waals surface area contributed by atoms with E-state index in [-0.39, 0.29) is 16.5 Å². The summed E-state index contributed by atoms with van der Waals surface area (Å²) in [7, 11) is 0. The molecule has 0 unspecified atom stereocenters. The predicted molar refractivity (Wildman–Crippen MR) is 130 cm³/mol. The van der Waals surface area contributed by atoms with Gasteiger partial charge in [0.05, 0.1) is 10.6 Å². The topological polar surface area (TPSA) is 71.0 Å². The van der Waals surface area contributed by atoms with Crippen LogP contribution in [0.2, 0.25) is 5.02 Å². The first-order valence-electron chi connectivity index (χ1n) is 11.2. The number of anilines is 2. The monoisotopic (exact) mass is 487 g/mol. The molecular formula is C24H27ClFN5OS. The van der Waals surface area contributed by atoms with E-state index in [4.69, 9.17) is 16.6 Å². The lowest BCUT2D eigenvalue weighted by Crippen LogP contribution is -2.39. The quantitative estimate of drug-likeness (QED) is 0.454. The summed E-state index contributed by atoms with van der Waals surface area (Å²) >= 11 is 7.48. The minimum Gasteiger partial charge on any atom is -0.339 e. The summed E-state index contributed by atoms with van der Waals surface area (Å²) in [6.07, 6.45) is 6.41. The second kappa shape index (κ2) is 10.6. The van der Waals surface area contributed by atoms with Crippen LogP contribution in [0.3, 0.4) is 0 Å². The number of amides is 1. The number of aryl methyl sites for hydroxylation is 2. The number of halogens is 2. The van der Waals surface area contributed by atoms with Crippen molar-refractivity contribution < 1.29 is 9.18 Å². The first-order valence-corrected chi connectivity index (χ1v) is 12.4. The van der Waals surface area contributed by atoms with Crippen molar-refractivity contribution in [3.8, 4) is 0 Å². The highest BCUT2D eigenvalue weighted by Gasteiger charge is 2.26. The Balaban J connectivity index is 1.36. The molecule has 1 aliphatic rings. The fraction of sp³-hybridized carbons (Fsp3) is 0.417. The van der Waals surface area contributed by atoms with Gasteiger partial charge < -0.3 is 10.2 Å². The third kappa shape index (κ3) is 5.86. The molecular weight excluding hydrogens is 461 g/mol. The SMILES string of the molecule is CCCc1cnc(Nc2cc(C)nc(CC3CCN(C(=O)c4cccc(Cl)c4F)CC3)n2)s1. The van der Waals surface area contributed by atoms with Gasteiger partial charge in [0.1, 0.15) is 11.6 Å². The number of piperidine rings is 1. The summed E-state index contributed by atoms with van der Waals surface area (Å²) in [5.74, 6) is 0.940. The Bertz CT molecular complexity index is 1130. The molecule has 0 aliphatic carbocycles. The molecule has 0 radical (unpaired) electrons. The van der Waals surface area contributed by atoms with Gasteiger partial charge in [-0.05, 0) is 44.2 Å². The van der Waals surface area contributed by atoms with Crippen LogP contribution in [0.5, 0.6) is 0 Å². The summed E-state index contributed by atoms with van der Waals surface area (Å²) in [5, 5.41) is 4.11. The number of carbonyl (C=O) groups excluding carboxylic acids is 1. The van der Waals surface area contributed by atoms with Gasteiger partial charge in [-0.3, -0.25) is 4.79 Å². The summed E-state index contributed by atoms with van der Waals surface area (Å²) in [4.78, 5) is 29.4. The highest BCUT2D eigenvalue weighted by molar-refractivity contribution is 7.15. The van der Waals surface area contributed by atoms with Crippen molar-refractivity contribution in [2.75, 3.05) is 18.4 Å². The molecule has 9 heteroatoms. The zero-order valence-corrected chi connectivity index (χ0v) is 20.3. The number of hydrogen-bond acceptors (Lipinski definition) is 6. The molecule has 3 aromatic rings. The first kappa shape index (κ1) is 23.6. The zero-order chi connectivity index (χ0) is 23.4. The molecule has 4 rings (SSSR count). The van der Waals surface area contributed by atoms with Gasteiger partial charge in [-0.1, -0.05) is 31.0 Å². The normalized spacial score (nSPS) is 14.5. The molecule has 1 amide bonds. The van der Waals surface area contributed by atoms with Crippen molar-refractivity contribution in [2.45, 2.75) is 46.0 Å². The predicted octanol–water partition coefficient (Wildman–Crippen LogP) is 5.83. The van der Waals surface area contributed by atoms with Gasteiger partial charge in [0.25, 0.3) is 5.91 Å².